The largest absolute Gasteiger partial charge is 0.444 e. The van der Waals surface area contributed by atoms with Crippen molar-refractivity contribution < 1.29 is 14.3 Å². The Morgan fingerprint density at radius 1 is 1.20 bits per heavy atom. The maximum atomic E-state index is 12.7. The summed E-state index contributed by atoms with van der Waals surface area (Å²) in [4.78, 5) is 32.6. The van der Waals surface area contributed by atoms with Gasteiger partial charge in [0.1, 0.15) is 10.2 Å². The van der Waals surface area contributed by atoms with Crippen molar-refractivity contribution in [3.63, 3.8) is 0 Å². The highest BCUT2D eigenvalue weighted by molar-refractivity contribution is 9.10. The van der Waals surface area contributed by atoms with Crippen LogP contribution < -0.4 is 0 Å². The molecule has 6 nitrogen and oxygen atoms in total. The molecule has 0 aliphatic carbocycles. The van der Waals surface area contributed by atoms with Gasteiger partial charge in [0.25, 0.3) is 5.91 Å². The second kappa shape index (κ2) is 6.59. The molecule has 2 saturated heterocycles. The summed E-state index contributed by atoms with van der Waals surface area (Å²) < 4.78 is 6.14. The van der Waals surface area contributed by atoms with Gasteiger partial charge in [0.05, 0.1) is 5.56 Å². The number of piperidine rings is 1. The zero-order valence-corrected chi connectivity index (χ0v) is 16.5. The van der Waals surface area contributed by atoms with Crippen LogP contribution in [0.2, 0.25) is 0 Å². The van der Waals surface area contributed by atoms with E-state index < -0.39 is 5.60 Å². The molecule has 2 fully saturated rings. The lowest BCUT2D eigenvalue weighted by atomic mass is 9.73. The number of halogens is 1. The summed E-state index contributed by atoms with van der Waals surface area (Å²) in [6, 6.07) is 3.56. The molecule has 1 spiro atoms. The summed E-state index contributed by atoms with van der Waals surface area (Å²) in [5.74, 6) is 0.00907. The van der Waals surface area contributed by atoms with Gasteiger partial charge < -0.3 is 14.5 Å². The number of pyridine rings is 1. The lowest BCUT2D eigenvalue weighted by Crippen LogP contribution is -2.65. The molecule has 0 aromatic carbocycles. The molecule has 0 radical (unpaired) electrons. The van der Waals surface area contributed by atoms with Crippen LogP contribution in [0.3, 0.4) is 0 Å². The van der Waals surface area contributed by atoms with E-state index in [2.05, 4.69) is 20.9 Å². The molecule has 7 heteroatoms. The summed E-state index contributed by atoms with van der Waals surface area (Å²) in [6.07, 6.45) is 3.33. The van der Waals surface area contributed by atoms with Gasteiger partial charge in [-0.3, -0.25) is 4.79 Å². The van der Waals surface area contributed by atoms with Gasteiger partial charge in [-0.05, 0) is 61.7 Å². The van der Waals surface area contributed by atoms with Crippen LogP contribution in [0.25, 0.3) is 0 Å². The van der Waals surface area contributed by atoms with E-state index in [0.717, 1.165) is 19.4 Å². The fraction of sp³-hybridized carbons (Fsp3) is 0.611. The third-order valence-corrected chi connectivity index (χ3v) is 5.10. The lowest BCUT2D eigenvalue weighted by Gasteiger charge is -2.54. The molecule has 2 amide bonds. The molecular formula is C18H24BrN3O3. The standard InChI is InChI=1S/C18H24BrN3O3/c1-17(2,3)25-16(24)22-11-18(12-22)7-4-8-21(10-18)15(23)13-5-6-14(19)20-9-13/h5-6,9H,4,7-8,10-12H2,1-3H3. The molecule has 3 rings (SSSR count). The van der Waals surface area contributed by atoms with E-state index in [1.54, 1.807) is 23.2 Å². The number of amides is 2. The first-order valence-corrected chi connectivity index (χ1v) is 9.36. The van der Waals surface area contributed by atoms with Gasteiger partial charge >= 0.3 is 6.09 Å². The van der Waals surface area contributed by atoms with Crippen LogP contribution in [-0.2, 0) is 4.74 Å². The predicted molar refractivity (Wildman–Crippen MR) is 97.3 cm³/mol. The van der Waals surface area contributed by atoms with E-state index in [-0.39, 0.29) is 17.4 Å². The molecule has 0 bridgehead atoms. The highest BCUT2D eigenvalue weighted by Gasteiger charge is 2.49. The average molecular weight is 410 g/mol. The van der Waals surface area contributed by atoms with E-state index in [0.29, 0.717) is 29.8 Å². The molecule has 0 saturated carbocycles. The SMILES string of the molecule is CC(C)(C)OC(=O)N1CC2(CCCN(C(=O)c3ccc(Br)nc3)C2)C1. The molecule has 3 heterocycles. The topological polar surface area (TPSA) is 62.7 Å². The van der Waals surface area contributed by atoms with Crippen LogP contribution >= 0.6 is 15.9 Å². The number of nitrogens with zero attached hydrogens (tertiary/aromatic N) is 3. The summed E-state index contributed by atoms with van der Waals surface area (Å²) in [7, 11) is 0. The van der Waals surface area contributed by atoms with Crippen molar-refractivity contribution in [2.75, 3.05) is 26.2 Å². The first-order chi connectivity index (χ1) is 11.7. The Hall–Kier alpha value is -1.63. The molecule has 1 aromatic rings. The van der Waals surface area contributed by atoms with Crippen LogP contribution in [0.5, 0.6) is 0 Å². The Kier molecular flexibility index (Phi) is 4.79. The van der Waals surface area contributed by atoms with Crippen molar-refractivity contribution in [2.24, 2.45) is 5.41 Å². The number of carbonyl (C=O) groups excluding carboxylic acids is 2. The Morgan fingerprint density at radius 2 is 1.88 bits per heavy atom. The molecule has 0 atom stereocenters. The summed E-state index contributed by atoms with van der Waals surface area (Å²) >= 11 is 3.28. The Labute approximate surface area is 156 Å². The lowest BCUT2D eigenvalue weighted by molar-refractivity contribution is -0.0592. The number of carbonyl (C=O) groups is 2. The number of hydrogen-bond acceptors (Lipinski definition) is 4. The van der Waals surface area contributed by atoms with E-state index in [9.17, 15) is 9.59 Å². The van der Waals surface area contributed by atoms with Gasteiger partial charge in [-0.15, -0.1) is 0 Å². The van der Waals surface area contributed by atoms with Crippen molar-refractivity contribution in [2.45, 2.75) is 39.2 Å². The van der Waals surface area contributed by atoms with E-state index in [1.807, 2.05) is 25.7 Å². The predicted octanol–water partition coefficient (Wildman–Crippen LogP) is 3.32. The minimum atomic E-state index is -0.483. The fourth-order valence-corrected chi connectivity index (χ4v) is 3.78. The molecule has 1 aromatic heterocycles. The van der Waals surface area contributed by atoms with Crippen LogP contribution in [0.1, 0.15) is 44.0 Å². The fourth-order valence-electron chi connectivity index (χ4n) is 3.54. The zero-order chi connectivity index (χ0) is 18.2. The number of ether oxygens (including phenoxy) is 1. The zero-order valence-electron chi connectivity index (χ0n) is 14.9. The second-order valence-corrected chi connectivity index (χ2v) is 8.85. The van der Waals surface area contributed by atoms with Crippen LogP contribution in [0, 0.1) is 5.41 Å². The Balaban J connectivity index is 1.60. The van der Waals surface area contributed by atoms with E-state index >= 15 is 0 Å². The maximum Gasteiger partial charge on any atom is 0.410 e. The second-order valence-electron chi connectivity index (χ2n) is 8.04. The van der Waals surface area contributed by atoms with Gasteiger partial charge in [-0.25, -0.2) is 9.78 Å². The third kappa shape index (κ3) is 4.14. The van der Waals surface area contributed by atoms with E-state index in [1.165, 1.54) is 0 Å². The van der Waals surface area contributed by atoms with Crippen molar-refractivity contribution >= 4 is 27.9 Å². The highest BCUT2D eigenvalue weighted by atomic mass is 79.9. The maximum absolute atomic E-state index is 12.7. The van der Waals surface area contributed by atoms with Crippen LogP contribution in [0.15, 0.2) is 22.9 Å². The Bertz CT molecular complexity index is 663. The average Bonchev–Trinajstić information content (AvgIpc) is 2.51. The van der Waals surface area contributed by atoms with Crippen LogP contribution in [0.4, 0.5) is 4.79 Å². The molecule has 136 valence electrons. The molecule has 0 N–H and O–H groups in total. The molecule has 25 heavy (non-hydrogen) atoms. The van der Waals surface area contributed by atoms with Crippen molar-refractivity contribution in [1.82, 2.24) is 14.8 Å². The van der Waals surface area contributed by atoms with Crippen molar-refractivity contribution in [1.29, 1.82) is 0 Å². The van der Waals surface area contributed by atoms with E-state index in [4.69, 9.17) is 4.74 Å². The quantitative estimate of drug-likeness (QED) is 0.667. The smallest absolute Gasteiger partial charge is 0.410 e. The van der Waals surface area contributed by atoms with Gasteiger partial charge in [0, 0.05) is 37.8 Å². The summed E-state index contributed by atoms with van der Waals surface area (Å²) in [6.45, 7) is 8.36. The van der Waals surface area contributed by atoms with Crippen molar-refractivity contribution in [3.05, 3.63) is 28.5 Å². The first kappa shape index (κ1) is 18.2. The Morgan fingerprint density at radius 3 is 2.48 bits per heavy atom. The highest BCUT2D eigenvalue weighted by Crippen LogP contribution is 2.40. The number of rotatable bonds is 1. The number of likely N-dealkylation sites (tertiary alicyclic amines) is 2. The summed E-state index contributed by atoms with van der Waals surface area (Å²) in [5.41, 5.74) is 0.125. The summed E-state index contributed by atoms with van der Waals surface area (Å²) in [5, 5.41) is 0. The van der Waals surface area contributed by atoms with Gasteiger partial charge in [0.15, 0.2) is 0 Å². The minimum Gasteiger partial charge on any atom is -0.444 e. The van der Waals surface area contributed by atoms with Gasteiger partial charge in [0.2, 0.25) is 0 Å². The monoisotopic (exact) mass is 409 g/mol. The van der Waals surface area contributed by atoms with Crippen LogP contribution in [-0.4, -0.2) is 58.6 Å². The molecule has 0 unspecified atom stereocenters. The number of hydrogen-bond donors (Lipinski definition) is 0. The normalized spacial score (nSPS) is 19.5. The molecular weight excluding hydrogens is 386 g/mol. The third-order valence-electron chi connectivity index (χ3n) is 4.63. The van der Waals surface area contributed by atoms with Crippen molar-refractivity contribution in [3.8, 4) is 0 Å². The number of aromatic nitrogens is 1. The first-order valence-electron chi connectivity index (χ1n) is 8.56. The molecule has 2 aliphatic rings. The van der Waals surface area contributed by atoms with Gasteiger partial charge in [-0.2, -0.15) is 0 Å². The van der Waals surface area contributed by atoms with Gasteiger partial charge in [-0.1, -0.05) is 0 Å². The molecule has 2 aliphatic heterocycles. The minimum absolute atomic E-state index is 0.00755.